The lowest BCUT2D eigenvalue weighted by Gasteiger charge is -2.34. The van der Waals surface area contributed by atoms with Gasteiger partial charge < -0.3 is 15.8 Å². The van der Waals surface area contributed by atoms with E-state index in [1.165, 1.54) is 0 Å². The van der Waals surface area contributed by atoms with Crippen LogP contribution >= 0.6 is 11.3 Å². The number of thiophene rings is 1. The third-order valence-corrected chi connectivity index (χ3v) is 6.92. The molecule has 5 rings (SSSR count). The fourth-order valence-corrected chi connectivity index (χ4v) is 4.92. The topological polar surface area (TPSA) is 90.1 Å². The minimum atomic E-state index is -0.599. The molecular formula is C22H24N4O2S. The van der Waals surface area contributed by atoms with Crippen LogP contribution in [-0.4, -0.2) is 35.6 Å². The zero-order valence-electron chi connectivity index (χ0n) is 16.2. The predicted octanol–water partition coefficient (Wildman–Crippen LogP) is 3.93. The average Bonchev–Trinajstić information content (AvgIpc) is 3.52. The van der Waals surface area contributed by atoms with Crippen LogP contribution in [-0.2, 0) is 9.53 Å². The number of hydrogen-bond acceptors (Lipinski definition) is 6. The molecule has 2 aromatic heterocycles. The van der Waals surface area contributed by atoms with Crippen LogP contribution in [0.25, 0.3) is 21.3 Å². The summed E-state index contributed by atoms with van der Waals surface area (Å²) in [6.07, 6.45) is 3.55. The summed E-state index contributed by atoms with van der Waals surface area (Å²) >= 11 is 1.65. The largest absolute Gasteiger partial charge is 0.381 e. The van der Waals surface area contributed by atoms with Crippen molar-refractivity contribution in [1.82, 2.24) is 9.97 Å². The van der Waals surface area contributed by atoms with Gasteiger partial charge in [0.25, 0.3) is 0 Å². The molecule has 0 unspecified atom stereocenters. The van der Waals surface area contributed by atoms with E-state index in [-0.39, 0.29) is 5.91 Å². The first-order valence-electron chi connectivity index (χ1n) is 10.1. The number of ether oxygens (including phenoxy) is 1. The first-order chi connectivity index (χ1) is 14.2. The highest BCUT2D eigenvalue weighted by Crippen LogP contribution is 2.43. The summed E-state index contributed by atoms with van der Waals surface area (Å²) < 4.78 is 5.46. The third kappa shape index (κ3) is 3.49. The van der Waals surface area contributed by atoms with Gasteiger partial charge in [0.05, 0.1) is 10.8 Å². The predicted molar refractivity (Wildman–Crippen MR) is 115 cm³/mol. The molecule has 6 nitrogen and oxygen atoms in total. The van der Waals surface area contributed by atoms with E-state index >= 15 is 0 Å². The number of nitrogens with zero attached hydrogens (tertiary/aromatic N) is 2. The number of hydrogen-bond donors (Lipinski definition) is 2. The molecule has 1 saturated carbocycles. The summed E-state index contributed by atoms with van der Waals surface area (Å²) in [7, 11) is 0. The molecule has 1 aliphatic heterocycles. The number of nitrogens with one attached hydrogen (secondary N) is 1. The Kier molecular flexibility index (Phi) is 4.72. The summed E-state index contributed by atoms with van der Waals surface area (Å²) in [6, 6.07) is 10.3. The minimum Gasteiger partial charge on any atom is -0.381 e. The lowest BCUT2D eigenvalue weighted by Crippen LogP contribution is -2.46. The van der Waals surface area contributed by atoms with Crippen LogP contribution in [0.4, 0.5) is 5.82 Å². The minimum absolute atomic E-state index is 0.269. The number of carbonyl (C=O) groups excluding carboxylic acids is 1. The van der Waals surface area contributed by atoms with E-state index in [0.29, 0.717) is 38.5 Å². The van der Waals surface area contributed by atoms with Crippen molar-refractivity contribution >= 4 is 33.3 Å². The summed E-state index contributed by atoms with van der Waals surface area (Å²) in [5, 5.41) is 6.67. The fourth-order valence-electron chi connectivity index (χ4n) is 3.97. The van der Waals surface area contributed by atoms with Crippen molar-refractivity contribution < 1.29 is 9.53 Å². The van der Waals surface area contributed by atoms with Gasteiger partial charge in [-0.15, -0.1) is 11.3 Å². The molecule has 2 aliphatic rings. The van der Waals surface area contributed by atoms with Crippen LogP contribution < -0.4 is 11.1 Å². The molecule has 0 bridgehead atoms. The Morgan fingerprint density at radius 1 is 1.21 bits per heavy atom. The molecule has 1 aliphatic carbocycles. The maximum absolute atomic E-state index is 12.3. The summed E-state index contributed by atoms with van der Waals surface area (Å²) in [5.74, 6) is 1.90. The highest BCUT2D eigenvalue weighted by Gasteiger charge is 2.39. The molecule has 1 amide bonds. The molecule has 3 N–H and O–H groups in total. The Morgan fingerprint density at radius 3 is 2.66 bits per heavy atom. The Hall–Kier alpha value is -2.51. The Bertz CT molecular complexity index is 1040. The van der Waals surface area contributed by atoms with Gasteiger partial charge in [-0.05, 0) is 31.2 Å². The van der Waals surface area contributed by atoms with E-state index in [2.05, 4.69) is 22.8 Å². The van der Waals surface area contributed by atoms with Crippen molar-refractivity contribution in [3.05, 3.63) is 41.5 Å². The van der Waals surface area contributed by atoms with Crippen molar-refractivity contribution in [1.29, 1.82) is 0 Å². The van der Waals surface area contributed by atoms with Crippen LogP contribution in [0.15, 0.2) is 35.7 Å². The Morgan fingerprint density at radius 2 is 1.97 bits per heavy atom. The van der Waals surface area contributed by atoms with Gasteiger partial charge in [-0.1, -0.05) is 30.3 Å². The SMILES string of the molecule is NC(=O)C1(CNc2nc(C3CC3)nc3scc(-c4ccccc4)c23)CCOCC1. The number of anilines is 1. The maximum Gasteiger partial charge on any atom is 0.225 e. The summed E-state index contributed by atoms with van der Waals surface area (Å²) in [5.41, 5.74) is 7.46. The molecule has 0 atom stereocenters. The lowest BCUT2D eigenvalue weighted by atomic mass is 9.79. The van der Waals surface area contributed by atoms with Gasteiger partial charge in [0.2, 0.25) is 5.91 Å². The fraction of sp³-hybridized carbons (Fsp3) is 0.409. The maximum atomic E-state index is 12.3. The first kappa shape index (κ1) is 18.5. The third-order valence-electron chi connectivity index (χ3n) is 6.04. The van der Waals surface area contributed by atoms with E-state index in [0.717, 1.165) is 45.8 Å². The number of benzene rings is 1. The van der Waals surface area contributed by atoms with Crippen LogP contribution in [0.2, 0.25) is 0 Å². The molecule has 0 spiro atoms. The number of carbonyl (C=O) groups is 1. The van der Waals surface area contributed by atoms with Gasteiger partial charge in [-0.3, -0.25) is 4.79 Å². The first-order valence-corrected chi connectivity index (χ1v) is 11.0. The monoisotopic (exact) mass is 408 g/mol. The number of fused-ring (bicyclic) bond motifs is 1. The van der Waals surface area contributed by atoms with Gasteiger partial charge in [0.15, 0.2) is 0 Å². The van der Waals surface area contributed by atoms with E-state index in [1.54, 1.807) is 11.3 Å². The lowest BCUT2D eigenvalue weighted by molar-refractivity contribution is -0.132. The number of rotatable bonds is 6. The zero-order valence-corrected chi connectivity index (χ0v) is 17.0. The average molecular weight is 409 g/mol. The number of nitrogens with two attached hydrogens (primary N) is 1. The molecule has 3 aromatic rings. The molecular weight excluding hydrogens is 384 g/mol. The van der Waals surface area contributed by atoms with Gasteiger partial charge in [0, 0.05) is 36.6 Å². The molecule has 1 saturated heterocycles. The van der Waals surface area contributed by atoms with E-state index < -0.39 is 5.41 Å². The molecule has 1 aromatic carbocycles. The smallest absolute Gasteiger partial charge is 0.225 e. The van der Waals surface area contributed by atoms with Gasteiger partial charge in [0.1, 0.15) is 16.5 Å². The van der Waals surface area contributed by atoms with E-state index in [9.17, 15) is 4.79 Å². The van der Waals surface area contributed by atoms with Crippen LogP contribution in [0, 0.1) is 5.41 Å². The van der Waals surface area contributed by atoms with Crippen molar-refractivity contribution in [3.63, 3.8) is 0 Å². The highest BCUT2D eigenvalue weighted by molar-refractivity contribution is 7.17. The molecule has 2 fully saturated rings. The van der Waals surface area contributed by atoms with Gasteiger partial charge >= 0.3 is 0 Å². The number of amides is 1. The second kappa shape index (κ2) is 7.39. The summed E-state index contributed by atoms with van der Waals surface area (Å²) in [6.45, 7) is 1.58. The standard InChI is InChI=1S/C22H24N4O2S/c23-21(27)22(8-10-28-11-9-22)13-24-19-17-16(14-4-2-1-3-5-14)12-29-20(17)26-18(25-19)15-6-7-15/h1-5,12,15H,6-11,13H2,(H2,23,27)(H,24,25,26). The molecule has 150 valence electrons. The van der Waals surface area contributed by atoms with E-state index in [4.69, 9.17) is 20.4 Å². The molecule has 7 heteroatoms. The Balaban J connectivity index is 1.55. The van der Waals surface area contributed by atoms with Crippen molar-refractivity contribution in [2.45, 2.75) is 31.6 Å². The van der Waals surface area contributed by atoms with Crippen LogP contribution in [0.1, 0.15) is 37.4 Å². The normalized spacial score (nSPS) is 18.6. The Labute approximate surface area is 173 Å². The number of aromatic nitrogens is 2. The molecule has 3 heterocycles. The van der Waals surface area contributed by atoms with Crippen molar-refractivity contribution in [2.75, 3.05) is 25.1 Å². The zero-order chi connectivity index (χ0) is 19.8. The molecule has 29 heavy (non-hydrogen) atoms. The van der Waals surface area contributed by atoms with Gasteiger partial charge in [-0.2, -0.15) is 0 Å². The second-order valence-electron chi connectivity index (χ2n) is 8.01. The van der Waals surface area contributed by atoms with Crippen LogP contribution in [0.5, 0.6) is 0 Å². The second-order valence-corrected chi connectivity index (χ2v) is 8.87. The van der Waals surface area contributed by atoms with Crippen molar-refractivity contribution in [3.8, 4) is 11.1 Å². The highest BCUT2D eigenvalue weighted by atomic mass is 32.1. The number of primary amides is 1. The van der Waals surface area contributed by atoms with Crippen molar-refractivity contribution in [2.24, 2.45) is 11.1 Å². The van der Waals surface area contributed by atoms with E-state index in [1.807, 2.05) is 18.2 Å². The molecule has 0 radical (unpaired) electrons. The quantitative estimate of drug-likeness (QED) is 0.645. The van der Waals surface area contributed by atoms with Crippen LogP contribution in [0.3, 0.4) is 0 Å². The van der Waals surface area contributed by atoms with Gasteiger partial charge in [-0.25, -0.2) is 9.97 Å². The summed E-state index contributed by atoms with van der Waals surface area (Å²) in [4.78, 5) is 23.0.